The first-order valence-electron chi connectivity index (χ1n) is 3.20. The highest BCUT2D eigenvalue weighted by molar-refractivity contribution is 8.93. The number of rotatable bonds is 3. The fraction of sp³-hybridized carbons (Fsp3) is 0.600. The van der Waals surface area contributed by atoms with Gasteiger partial charge in [0, 0.05) is 20.0 Å². The van der Waals surface area contributed by atoms with Gasteiger partial charge in [-0.15, -0.1) is 29.4 Å². The molecule has 8 heteroatoms. The standard InChI is InChI=1S/C5H13N5O.BrH.ClH/c1-4(11)8-2-3-9-5(6)10-7;;/h2-3,7H2,1H3,(H,8,11)(H3,6,9,10);2*1H. The Morgan fingerprint density at radius 2 is 1.85 bits per heavy atom. The molecule has 0 aromatic rings. The molecule has 0 unspecified atom stereocenters. The summed E-state index contributed by atoms with van der Waals surface area (Å²) in [6, 6.07) is 0. The first-order valence-corrected chi connectivity index (χ1v) is 3.20. The highest BCUT2D eigenvalue weighted by Crippen LogP contribution is 1.60. The number of nitrogens with two attached hydrogens (primary N) is 1. The molecule has 0 aliphatic carbocycles. The topological polar surface area (TPSA) is 103 Å². The highest BCUT2D eigenvalue weighted by atomic mass is 79.9. The molecule has 0 atom stereocenters. The van der Waals surface area contributed by atoms with E-state index in [9.17, 15) is 4.79 Å². The fourth-order valence-electron chi connectivity index (χ4n) is 0.477. The van der Waals surface area contributed by atoms with E-state index in [1.807, 2.05) is 0 Å². The van der Waals surface area contributed by atoms with Gasteiger partial charge in [0.2, 0.25) is 11.9 Å². The molecule has 0 heterocycles. The number of guanidine groups is 1. The van der Waals surface area contributed by atoms with Crippen LogP contribution in [0, 0.1) is 5.41 Å². The molecule has 0 aliphatic rings. The number of hydrazine groups is 1. The van der Waals surface area contributed by atoms with Crippen LogP contribution < -0.4 is 21.9 Å². The van der Waals surface area contributed by atoms with E-state index in [1.54, 1.807) is 0 Å². The maximum absolute atomic E-state index is 10.3. The molecule has 0 bridgehead atoms. The molecule has 0 aromatic heterocycles. The number of hydrogen-bond donors (Lipinski definition) is 5. The third-order valence-electron chi connectivity index (χ3n) is 0.945. The van der Waals surface area contributed by atoms with Gasteiger partial charge in [0.25, 0.3) is 0 Å². The number of halogens is 2. The molecule has 0 rings (SSSR count). The van der Waals surface area contributed by atoms with E-state index in [0.717, 1.165) is 0 Å². The predicted octanol–water partition coefficient (Wildman–Crippen LogP) is -0.890. The largest absolute Gasteiger partial charge is 0.355 e. The minimum Gasteiger partial charge on any atom is -0.355 e. The number of carbonyl (C=O) groups excluding carboxylic acids is 1. The number of nitrogens with one attached hydrogen (secondary N) is 4. The van der Waals surface area contributed by atoms with Crippen molar-refractivity contribution in [3.63, 3.8) is 0 Å². The van der Waals surface area contributed by atoms with Crippen LogP contribution in [0.3, 0.4) is 0 Å². The maximum atomic E-state index is 10.3. The Morgan fingerprint density at radius 3 is 2.23 bits per heavy atom. The summed E-state index contributed by atoms with van der Waals surface area (Å²) in [5.41, 5.74) is 2.11. The summed E-state index contributed by atoms with van der Waals surface area (Å²) in [4.78, 5) is 10.3. The summed E-state index contributed by atoms with van der Waals surface area (Å²) in [5, 5.41) is 12.1. The molecule has 13 heavy (non-hydrogen) atoms. The number of hydrogen-bond acceptors (Lipinski definition) is 3. The molecule has 0 spiro atoms. The minimum absolute atomic E-state index is 0. The van der Waals surface area contributed by atoms with Crippen molar-refractivity contribution in [1.29, 1.82) is 5.41 Å². The maximum Gasteiger partial charge on any atom is 0.216 e. The Morgan fingerprint density at radius 1 is 1.38 bits per heavy atom. The summed E-state index contributed by atoms with van der Waals surface area (Å²) >= 11 is 0. The summed E-state index contributed by atoms with van der Waals surface area (Å²) in [6.45, 7) is 2.41. The molecule has 0 radical (unpaired) electrons. The van der Waals surface area contributed by atoms with Gasteiger partial charge >= 0.3 is 0 Å². The van der Waals surface area contributed by atoms with Crippen LogP contribution in [0.4, 0.5) is 0 Å². The minimum atomic E-state index is -0.0842. The Balaban J connectivity index is -0.000000500. The predicted molar refractivity (Wildman–Crippen MR) is 59.3 cm³/mol. The van der Waals surface area contributed by atoms with Gasteiger partial charge in [-0.3, -0.25) is 15.6 Å². The van der Waals surface area contributed by atoms with Gasteiger partial charge in [-0.25, -0.2) is 5.84 Å². The normalized spacial score (nSPS) is 7.23. The number of carbonyl (C=O) groups is 1. The van der Waals surface area contributed by atoms with E-state index in [4.69, 9.17) is 11.3 Å². The van der Waals surface area contributed by atoms with Crippen LogP contribution in [0.25, 0.3) is 0 Å². The molecule has 0 aliphatic heterocycles. The molecule has 6 nitrogen and oxygen atoms in total. The molecule has 80 valence electrons. The van der Waals surface area contributed by atoms with Gasteiger partial charge in [0.15, 0.2) is 0 Å². The molecule has 1 amide bonds. The average Bonchev–Trinajstić information content (AvgIpc) is 1.97. The average molecular weight is 277 g/mol. The zero-order valence-corrected chi connectivity index (χ0v) is 9.75. The van der Waals surface area contributed by atoms with Gasteiger partial charge < -0.3 is 10.6 Å². The van der Waals surface area contributed by atoms with Crippen LogP contribution in [0.2, 0.25) is 0 Å². The SMILES string of the molecule is Br.CC(=O)NCCNC(=N)NN.Cl. The summed E-state index contributed by atoms with van der Waals surface area (Å²) in [5.74, 6) is 4.84. The Hall–Kier alpha value is -0.530. The summed E-state index contributed by atoms with van der Waals surface area (Å²) in [7, 11) is 0. The van der Waals surface area contributed by atoms with Crippen molar-refractivity contribution in [2.45, 2.75) is 6.92 Å². The van der Waals surface area contributed by atoms with E-state index in [2.05, 4.69) is 16.1 Å². The van der Waals surface area contributed by atoms with Gasteiger partial charge in [-0.05, 0) is 0 Å². The van der Waals surface area contributed by atoms with Crippen molar-refractivity contribution >= 4 is 41.3 Å². The quantitative estimate of drug-likeness (QED) is 0.152. The lowest BCUT2D eigenvalue weighted by molar-refractivity contribution is -0.118. The second-order valence-corrected chi connectivity index (χ2v) is 1.93. The fourth-order valence-corrected chi connectivity index (χ4v) is 0.477. The van der Waals surface area contributed by atoms with Gasteiger partial charge in [0.05, 0.1) is 0 Å². The third-order valence-corrected chi connectivity index (χ3v) is 0.945. The molecule has 0 saturated heterocycles. The van der Waals surface area contributed by atoms with Crippen molar-refractivity contribution in [2.75, 3.05) is 13.1 Å². The molecule has 0 saturated carbocycles. The number of amides is 1. The van der Waals surface area contributed by atoms with E-state index in [0.29, 0.717) is 13.1 Å². The summed E-state index contributed by atoms with van der Waals surface area (Å²) in [6.07, 6.45) is 0. The van der Waals surface area contributed by atoms with Crippen LogP contribution in [0.15, 0.2) is 0 Å². The molecule has 0 aromatic carbocycles. The van der Waals surface area contributed by atoms with E-state index < -0.39 is 0 Å². The van der Waals surface area contributed by atoms with Crippen LogP contribution >= 0.6 is 29.4 Å². The van der Waals surface area contributed by atoms with Crippen LogP contribution in [-0.4, -0.2) is 25.0 Å². The first kappa shape index (κ1) is 18.3. The van der Waals surface area contributed by atoms with Gasteiger partial charge in [0.1, 0.15) is 0 Å². The lowest BCUT2D eigenvalue weighted by atomic mass is 10.6. The van der Waals surface area contributed by atoms with Crippen molar-refractivity contribution in [3.8, 4) is 0 Å². The lowest BCUT2D eigenvalue weighted by Crippen LogP contribution is -2.43. The molecule has 0 fully saturated rings. The van der Waals surface area contributed by atoms with Crippen LogP contribution in [0.1, 0.15) is 6.92 Å². The van der Waals surface area contributed by atoms with Gasteiger partial charge in [-0.1, -0.05) is 0 Å². The molecular formula is C5H15BrClN5O. The van der Waals surface area contributed by atoms with E-state index in [1.165, 1.54) is 6.92 Å². The van der Waals surface area contributed by atoms with Crippen molar-refractivity contribution in [1.82, 2.24) is 16.1 Å². The summed E-state index contributed by atoms with van der Waals surface area (Å²) < 4.78 is 0. The Labute approximate surface area is 93.7 Å². The molecular weight excluding hydrogens is 261 g/mol. The molecule has 6 N–H and O–H groups in total. The van der Waals surface area contributed by atoms with E-state index in [-0.39, 0.29) is 41.3 Å². The van der Waals surface area contributed by atoms with E-state index >= 15 is 0 Å². The zero-order chi connectivity index (χ0) is 8.69. The van der Waals surface area contributed by atoms with Crippen molar-refractivity contribution in [2.24, 2.45) is 5.84 Å². The second kappa shape index (κ2) is 11.5. The van der Waals surface area contributed by atoms with Crippen LogP contribution in [0.5, 0.6) is 0 Å². The third kappa shape index (κ3) is 14.3. The van der Waals surface area contributed by atoms with Crippen molar-refractivity contribution < 1.29 is 4.79 Å². The Kier molecular flexibility index (Phi) is 16.1. The first-order chi connectivity index (χ1) is 5.16. The second-order valence-electron chi connectivity index (χ2n) is 1.93. The van der Waals surface area contributed by atoms with Crippen LogP contribution in [-0.2, 0) is 4.79 Å². The Bertz CT molecular complexity index is 156. The van der Waals surface area contributed by atoms with Gasteiger partial charge in [-0.2, -0.15) is 0 Å². The highest BCUT2D eigenvalue weighted by Gasteiger charge is 1.91. The smallest absolute Gasteiger partial charge is 0.216 e. The monoisotopic (exact) mass is 275 g/mol. The van der Waals surface area contributed by atoms with Crippen molar-refractivity contribution in [3.05, 3.63) is 0 Å². The zero-order valence-electron chi connectivity index (χ0n) is 7.22. The lowest BCUT2D eigenvalue weighted by Gasteiger charge is -2.05.